The average molecular weight is 507 g/mol. The number of nitrogens with one attached hydrogen (secondary N) is 1. The van der Waals surface area contributed by atoms with Crippen LogP contribution in [0, 0.1) is 21.9 Å². The lowest BCUT2D eigenvalue weighted by atomic mass is 10.2. The number of ether oxygens (including phenoxy) is 1. The van der Waals surface area contributed by atoms with E-state index in [1.54, 1.807) is 28.3 Å². The van der Waals surface area contributed by atoms with Crippen LogP contribution in [0.15, 0.2) is 59.6 Å². The quantitative estimate of drug-likeness (QED) is 0.516. The van der Waals surface area contributed by atoms with Crippen LogP contribution < -0.4 is 10.8 Å². The van der Waals surface area contributed by atoms with Crippen molar-refractivity contribution >= 4 is 23.9 Å². The Hall–Kier alpha value is -3.65. The summed E-state index contributed by atoms with van der Waals surface area (Å²) in [6.45, 7) is 4.40. The molecule has 0 bridgehead atoms. The van der Waals surface area contributed by atoms with Crippen LogP contribution in [-0.4, -0.2) is 52.3 Å². The van der Waals surface area contributed by atoms with Gasteiger partial charge in [-0.05, 0) is 42.0 Å². The van der Waals surface area contributed by atoms with Gasteiger partial charge in [0.2, 0.25) is 5.91 Å². The molecule has 1 aromatic heterocycles. The smallest absolute Gasteiger partial charge is 0.244 e. The maximum absolute atomic E-state index is 13.3. The zero-order valence-electron chi connectivity index (χ0n) is 20.1. The minimum Gasteiger partial charge on any atom is -0.374 e. The number of halogens is 1. The first-order valence-electron chi connectivity index (χ1n) is 11.6. The fourth-order valence-corrected chi connectivity index (χ4v) is 4.48. The number of carbonyl (C=O) groups excluding carboxylic acids is 1. The molecule has 1 saturated heterocycles. The summed E-state index contributed by atoms with van der Waals surface area (Å²) >= 11 is 5.72. The maximum Gasteiger partial charge on any atom is 0.244 e. The van der Waals surface area contributed by atoms with Crippen molar-refractivity contribution in [3.05, 3.63) is 81.8 Å². The fourth-order valence-electron chi connectivity index (χ4n) is 4.19. The molecule has 186 valence electrons. The van der Waals surface area contributed by atoms with Gasteiger partial charge in [-0.25, -0.2) is 4.39 Å². The lowest BCUT2D eigenvalue weighted by molar-refractivity contribution is -0.116. The van der Waals surface area contributed by atoms with Crippen molar-refractivity contribution in [1.29, 1.82) is 5.26 Å². The summed E-state index contributed by atoms with van der Waals surface area (Å²) in [5, 5.41) is 13.4. The van der Waals surface area contributed by atoms with Crippen LogP contribution in [-0.2, 0) is 23.1 Å². The number of nitriles is 1. The summed E-state index contributed by atoms with van der Waals surface area (Å²) in [6, 6.07) is 18.2. The van der Waals surface area contributed by atoms with Gasteiger partial charge in [0.25, 0.3) is 0 Å². The van der Waals surface area contributed by atoms with Gasteiger partial charge in [-0.15, -0.1) is 0 Å². The summed E-state index contributed by atoms with van der Waals surface area (Å²) in [7, 11) is 1.69. The first-order chi connectivity index (χ1) is 17.4. The molecule has 1 amide bonds. The molecule has 1 aliphatic heterocycles. The van der Waals surface area contributed by atoms with Gasteiger partial charge in [0.1, 0.15) is 23.3 Å². The normalized spacial score (nSPS) is 16.5. The molecule has 1 aliphatic rings. The van der Waals surface area contributed by atoms with Crippen molar-refractivity contribution in [1.82, 2.24) is 14.0 Å². The van der Waals surface area contributed by atoms with Gasteiger partial charge >= 0.3 is 0 Å². The molecule has 2 heterocycles. The third-order valence-electron chi connectivity index (χ3n) is 5.91. The predicted octanol–water partition coefficient (Wildman–Crippen LogP) is 3.32. The Kier molecular flexibility index (Phi) is 8.05. The molecule has 0 aliphatic carbocycles. The number of nitrogens with zero attached hydrogens (tertiary/aromatic N) is 5. The summed E-state index contributed by atoms with van der Waals surface area (Å²) in [6.07, 6.45) is -0.161. The number of morpholine rings is 1. The molecular formula is C26H27FN6O2S. The minimum absolute atomic E-state index is 0.161. The van der Waals surface area contributed by atoms with E-state index < -0.39 is 5.91 Å². The largest absolute Gasteiger partial charge is 0.374 e. The van der Waals surface area contributed by atoms with E-state index in [0.717, 1.165) is 17.8 Å². The number of benzene rings is 2. The van der Waals surface area contributed by atoms with Gasteiger partial charge in [0.05, 0.1) is 12.7 Å². The van der Waals surface area contributed by atoms with Crippen molar-refractivity contribution < 1.29 is 13.9 Å². The number of amides is 1. The topological polar surface area (TPSA) is 87.6 Å². The highest BCUT2D eigenvalue weighted by atomic mass is 32.1. The van der Waals surface area contributed by atoms with Crippen LogP contribution >= 0.6 is 12.2 Å². The Balaban J connectivity index is 1.65. The van der Waals surface area contributed by atoms with Crippen LogP contribution in [0.3, 0.4) is 0 Å². The summed E-state index contributed by atoms with van der Waals surface area (Å²) in [5.74, 6) is -0.228. The summed E-state index contributed by atoms with van der Waals surface area (Å²) in [4.78, 5) is 18.1. The Labute approximate surface area is 213 Å². The second-order valence-electron chi connectivity index (χ2n) is 8.54. The molecule has 1 unspecified atom stereocenters. The molecule has 1 atom stereocenters. The van der Waals surface area contributed by atoms with Gasteiger partial charge in [0.15, 0.2) is 10.3 Å². The minimum atomic E-state index is -0.424. The van der Waals surface area contributed by atoms with Gasteiger partial charge in [-0.1, -0.05) is 30.3 Å². The van der Waals surface area contributed by atoms with E-state index in [1.807, 2.05) is 30.3 Å². The van der Waals surface area contributed by atoms with Crippen molar-refractivity contribution in [3.63, 3.8) is 0 Å². The number of hydrogen-bond acceptors (Lipinski definition) is 6. The molecule has 36 heavy (non-hydrogen) atoms. The van der Waals surface area contributed by atoms with E-state index in [0.29, 0.717) is 36.8 Å². The molecule has 8 nitrogen and oxygen atoms in total. The first kappa shape index (κ1) is 25.4. The molecule has 3 aromatic rings. The third-order valence-corrected chi connectivity index (χ3v) is 6.37. The zero-order valence-corrected chi connectivity index (χ0v) is 21.0. The highest BCUT2D eigenvalue weighted by Crippen LogP contribution is 2.20. The Morgan fingerprint density at radius 3 is 2.64 bits per heavy atom. The molecule has 10 heteroatoms. The number of anilines is 1. The van der Waals surface area contributed by atoms with Crippen LogP contribution in [0.2, 0.25) is 0 Å². The van der Waals surface area contributed by atoms with Crippen LogP contribution in [0.4, 0.5) is 10.2 Å². The lowest BCUT2D eigenvalue weighted by Crippen LogP contribution is -2.45. The second kappa shape index (κ2) is 11.4. The van der Waals surface area contributed by atoms with E-state index in [-0.39, 0.29) is 23.0 Å². The van der Waals surface area contributed by atoms with E-state index in [1.165, 1.54) is 19.1 Å². The average Bonchev–Trinajstić information content (AvgIpc) is 2.87. The number of aromatic nitrogens is 2. The molecule has 1 fully saturated rings. The van der Waals surface area contributed by atoms with Crippen molar-refractivity contribution in [2.45, 2.75) is 19.6 Å². The summed E-state index contributed by atoms with van der Waals surface area (Å²) < 4.78 is 23.0. The molecule has 0 radical (unpaired) electrons. The van der Waals surface area contributed by atoms with Crippen LogP contribution in [0.5, 0.6) is 0 Å². The molecular weight excluding hydrogens is 479 g/mol. The number of rotatable bonds is 6. The van der Waals surface area contributed by atoms with Gasteiger partial charge < -0.3 is 14.6 Å². The monoisotopic (exact) mass is 506 g/mol. The molecule has 0 saturated carbocycles. The van der Waals surface area contributed by atoms with Gasteiger partial charge in [-0.3, -0.25) is 14.3 Å². The molecule has 2 aromatic carbocycles. The Morgan fingerprint density at radius 1 is 1.25 bits per heavy atom. The number of carbonyl (C=O) groups is 1. The fraction of sp³-hybridized carbons (Fsp3) is 0.308. The third kappa shape index (κ3) is 5.76. The number of hydrogen-bond donors (Lipinski definition) is 1. The standard InChI is InChI=1S/C26H27FN6O2S/c1-18(34)30-25-23(14-28)24(33(26(36)31(25)2)21-6-4-3-5-7-21)29-15-22-17-32(12-13-35-22)16-19-8-10-20(27)11-9-19/h3-11,22,29H,12-13,15-17H2,1-2H3/b30-25-. The lowest BCUT2D eigenvalue weighted by Gasteiger charge is -2.33. The van der Waals surface area contributed by atoms with Crippen LogP contribution in [0.25, 0.3) is 5.69 Å². The number of para-hydroxylation sites is 1. The van der Waals surface area contributed by atoms with E-state index in [9.17, 15) is 14.4 Å². The highest BCUT2D eigenvalue weighted by molar-refractivity contribution is 7.71. The first-order valence-corrected chi connectivity index (χ1v) is 12.0. The highest BCUT2D eigenvalue weighted by Gasteiger charge is 2.23. The van der Waals surface area contributed by atoms with Crippen molar-refractivity contribution in [3.8, 4) is 11.8 Å². The SMILES string of the molecule is CC(=O)/N=c1/c(C#N)c(NCC2CN(Cc3ccc(F)cc3)CCO2)n(-c2ccccc2)c(=S)n1C. The molecule has 0 spiro atoms. The second-order valence-corrected chi connectivity index (χ2v) is 8.90. The molecule has 4 rings (SSSR count). The predicted molar refractivity (Wildman–Crippen MR) is 136 cm³/mol. The van der Waals surface area contributed by atoms with Gasteiger partial charge in [0, 0.05) is 45.8 Å². The maximum atomic E-state index is 13.3. The van der Waals surface area contributed by atoms with Crippen molar-refractivity contribution in [2.24, 2.45) is 12.0 Å². The van der Waals surface area contributed by atoms with E-state index >= 15 is 0 Å². The van der Waals surface area contributed by atoms with E-state index in [4.69, 9.17) is 17.0 Å². The van der Waals surface area contributed by atoms with Gasteiger partial charge in [-0.2, -0.15) is 10.3 Å². The van der Waals surface area contributed by atoms with Crippen molar-refractivity contribution in [2.75, 3.05) is 31.6 Å². The summed E-state index contributed by atoms with van der Waals surface area (Å²) in [5.41, 5.74) is 2.21. The Morgan fingerprint density at radius 2 is 1.97 bits per heavy atom. The van der Waals surface area contributed by atoms with E-state index in [2.05, 4.69) is 21.3 Å². The zero-order chi connectivity index (χ0) is 25.7. The Bertz CT molecular complexity index is 1410. The molecule has 1 N–H and O–H groups in total. The van der Waals surface area contributed by atoms with Crippen LogP contribution in [0.1, 0.15) is 18.1 Å².